The van der Waals surface area contributed by atoms with Crippen molar-refractivity contribution < 1.29 is 14.6 Å². The zero-order valence-corrected chi connectivity index (χ0v) is 21.1. The standard InChI is InChI=1S/C20H21NO2.3C2H6.CH4O/c1-14(23-3)16-6-8-17(9-7-16)18-10-11-20-19(13-18)5-4-12-21(20)15(2)22;4*1-2/h6-11,13H,1,4-5,12H2,2-3H3;3*1-2H3;2H,1H3. The number of aliphatic hydroxyl groups excluding tert-OH is 1. The molecule has 174 valence electrons. The zero-order chi connectivity index (χ0) is 24.4. The predicted molar refractivity (Wildman–Crippen MR) is 136 cm³/mol. The first-order valence-corrected chi connectivity index (χ1v) is 11.3. The van der Waals surface area contributed by atoms with Crippen LogP contribution in [0.4, 0.5) is 5.69 Å². The van der Waals surface area contributed by atoms with Crippen LogP contribution in [0.15, 0.2) is 49.0 Å². The van der Waals surface area contributed by atoms with Crippen molar-refractivity contribution in [2.75, 3.05) is 25.7 Å². The fraction of sp³-hybridized carbons (Fsp3) is 0.444. The van der Waals surface area contributed by atoms with Crippen molar-refractivity contribution in [2.45, 2.75) is 61.3 Å². The van der Waals surface area contributed by atoms with E-state index in [2.05, 4.69) is 36.9 Å². The number of aliphatic hydroxyl groups is 1. The minimum Gasteiger partial charge on any atom is -0.497 e. The quantitative estimate of drug-likeness (QED) is 0.537. The molecule has 0 atom stereocenters. The van der Waals surface area contributed by atoms with E-state index in [1.165, 1.54) is 11.1 Å². The molecule has 0 radical (unpaired) electrons. The predicted octanol–water partition coefficient (Wildman–Crippen LogP) is 6.96. The summed E-state index contributed by atoms with van der Waals surface area (Å²) in [5.74, 6) is 0.778. The van der Waals surface area contributed by atoms with Gasteiger partial charge >= 0.3 is 0 Å². The van der Waals surface area contributed by atoms with E-state index in [1.807, 2.05) is 58.6 Å². The minimum absolute atomic E-state index is 0.112. The molecule has 0 spiro atoms. The zero-order valence-electron chi connectivity index (χ0n) is 21.1. The molecule has 0 aliphatic carbocycles. The normalized spacial score (nSPS) is 10.7. The number of benzene rings is 2. The van der Waals surface area contributed by atoms with Crippen LogP contribution in [-0.2, 0) is 16.0 Å². The van der Waals surface area contributed by atoms with Crippen molar-refractivity contribution >= 4 is 17.4 Å². The molecular formula is C27H43NO3. The number of anilines is 1. The van der Waals surface area contributed by atoms with Gasteiger partial charge in [-0.05, 0) is 41.7 Å². The third-order valence-corrected chi connectivity index (χ3v) is 4.36. The summed E-state index contributed by atoms with van der Waals surface area (Å²) in [5, 5.41) is 7.00. The lowest BCUT2D eigenvalue weighted by Gasteiger charge is -2.29. The van der Waals surface area contributed by atoms with Gasteiger partial charge in [0.25, 0.3) is 0 Å². The fourth-order valence-electron chi connectivity index (χ4n) is 3.07. The third-order valence-electron chi connectivity index (χ3n) is 4.36. The largest absolute Gasteiger partial charge is 0.497 e. The van der Waals surface area contributed by atoms with E-state index in [9.17, 15) is 4.79 Å². The van der Waals surface area contributed by atoms with Crippen LogP contribution in [0.2, 0.25) is 0 Å². The van der Waals surface area contributed by atoms with E-state index < -0.39 is 0 Å². The van der Waals surface area contributed by atoms with E-state index in [0.29, 0.717) is 5.76 Å². The molecule has 2 aromatic rings. The number of hydrogen-bond acceptors (Lipinski definition) is 3. The molecule has 1 aliphatic rings. The van der Waals surface area contributed by atoms with Crippen LogP contribution >= 0.6 is 0 Å². The lowest BCUT2D eigenvalue weighted by molar-refractivity contribution is -0.116. The summed E-state index contributed by atoms with van der Waals surface area (Å²) in [5.41, 5.74) is 5.60. The van der Waals surface area contributed by atoms with Gasteiger partial charge in [0.15, 0.2) is 0 Å². The van der Waals surface area contributed by atoms with Gasteiger partial charge < -0.3 is 14.7 Å². The second-order valence-electron chi connectivity index (χ2n) is 5.82. The SMILES string of the molecule is C=C(OC)c1ccc(-c2ccc3c(c2)CCCN3C(C)=O)cc1.CC.CC.CC.CO. The maximum absolute atomic E-state index is 11.8. The number of aryl methyl sites for hydroxylation is 1. The van der Waals surface area contributed by atoms with Gasteiger partial charge in [-0.25, -0.2) is 0 Å². The highest BCUT2D eigenvalue weighted by molar-refractivity contribution is 5.93. The van der Waals surface area contributed by atoms with Gasteiger partial charge in [-0.3, -0.25) is 4.79 Å². The Morgan fingerprint density at radius 1 is 0.935 bits per heavy atom. The Bertz CT molecular complexity index is 752. The van der Waals surface area contributed by atoms with Gasteiger partial charge in [0.2, 0.25) is 5.91 Å². The first kappa shape index (κ1) is 30.6. The number of rotatable bonds is 3. The number of carbonyl (C=O) groups excluding carboxylic acids is 1. The first-order valence-electron chi connectivity index (χ1n) is 11.3. The summed E-state index contributed by atoms with van der Waals surface area (Å²) >= 11 is 0. The molecule has 0 unspecified atom stereocenters. The van der Waals surface area contributed by atoms with E-state index >= 15 is 0 Å². The lowest BCUT2D eigenvalue weighted by atomic mass is 9.95. The monoisotopic (exact) mass is 429 g/mol. The van der Waals surface area contributed by atoms with Crippen molar-refractivity contribution in [3.8, 4) is 11.1 Å². The summed E-state index contributed by atoms with van der Waals surface area (Å²) < 4.78 is 5.16. The summed E-state index contributed by atoms with van der Waals surface area (Å²) in [4.78, 5) is 13.6. The van der Waals surface area contributed by atoms with Crippen LogP contribution in [0.5, 0.6) is 0 Å². The van der Waals surface area contributed by atoms with E-state index in [1.54, 1.807) is 14.0 Å². The number of ether oxygens (including phenoxy) is 1. The summed E-state index contributed by atoms with van der Waals surface area (Å²) in [6.45, 7) is 18.3. The van der Waals surface area contributed by atoms with Gasteiger partial charge in [-0.2, -0.15) is 0 Å². The van der Waals surface area contributed by atoms with Gasteiger partial charge in [0.1, 0.15) is 5.76 Å². The highest BCUT2D eigenvalue weighted by atomic mass is 16.5. The molecule has 0 fully saturated rings. The molecule has 0 saturated heterocycles. The maximum Gasteiger partial charge on any atom is 0.223 e. The van der Waals surface area contributed by atoms with Gasteiger partial charge in [0, 0.05) is 31.8 Å². The van der Waals surface area contributed by atoms with Crippen LogP contribution in [0.25, 0.3) is 16.9 Å². The molecule has 1 amide bonds. The summed E-state index contributed by atoms with van der Waals surface area (Å²) in [6, 6.07) is 14.5. The molecule has 3 rings (SSSR count). The average Bonchev–Trinajstić information content (AvgIpc) is 2.87. The third kappa shape index (κ3) is 8.97. The van der Waals surface area contributed by atoms with E-state index in [0.717, 1.165) is 43.3 Å². The Morgan fingerprint density at radius 3 is 1.94 bits per heavy atom. The smallest absolute Gasteiger partial charge is 0.223 e. The number of fused-ring (bicyclic) bond motifs is 1. The molecule has 1 heterocycles. The Balaban J connectivity index is 0. The second-order valence-corrected chi connectivity index (χ2v) is 5.82. The Kier molecular flexibility index (Phi) is 18.0. The van der Waals surface area contributed by atoms with Crippen LogP contribution in [0.3, 0.4) is 0 Å². The number of nitrogens with zero attached hydrogens (tertiary/aromatic N) is 1. The van der Waals surface area contributed by atoms with Gasteiger partial charge in [-0.15, -0.1) is 0 Å². The van der Waals surface area contributed by atoms with Crippen LogP contribution in [0.1, 0.15) is 66.0 Å². The van der Waals surface area contributed by atoms with Crippen LogP contribution in [0, 0.1) is 0 Å². The molecule has 4 nitrogen and oxygen atoms in total. The molecule has 0 bridgehead atoms. The Morgan fingerprint density at radius 2 is 1.45 bits per heavy atom. The highest BCUT2D eigenvalue weighted by Crippen LogP contribution is 2.32. The Hall–Kier alpha value is -2.59. The summed E-state index contributed by atoms with van der Waals surface area (Å²) in [7, 11) is 2.63. The van der Waals surface area contributed by atoms with Crippen molar-refractivity contribution in [3.05, 3.63) is 60.2 Å². The van der Waals surface area contributed by atoms with E-state index in [4.69, 9.17) is 9.84 Å². The number of carbonyl (C=O) groups is 1. The van der Waals surface area contributed by atoms with Crippen LogP contribution < -0.4 is 4.90 Å². The van der Waals surface area contributed by atoms with Crippen LogP contribution in [-0.4, -0.2) is 31.8 Å². The molecule has 0 saturated carbocycles. The molecule has 31 heavy (non-hydrogen) atoms. The van der Waals surface area contributed by atoms with Crippen molar-refractivity contribution in [1.82, 2.24) is 0 Å². The molecule has 4 heteroatoms. The number of amides is 1. The average molecular weight is 430 g/mol. The Labute approximate surface area is 190 Å². The first-order chi connectivity index (χ1) is 15.1. The van der Waals surface area contributed by atoms with Crippen molar-refractivity contribution in [2.24, 2.45) is 0 Å². The molecule has 1 N–H and O–H groups in total. The molecule has 0 aromatic heterocycles. The maximum atomic E-state index is 11.8. The fourth-order valence-corrected chi connectivity index (χ4v) is 3.07. The summed E-state index contributed by atoms with van der Waals surface area (Å²) in [6.07, 6.45) is 2.04. The second kappa shape index (κ2) is 18.2. The lowest BCUT2D eigenvalue weighted by Crippen LogP contribution is -2.33. The highest BCUT2D eigenvalue weighted by Gasteiger charge is 2.20. The minimum atomic E-state index is 0.112. The molecule has 1 aliphatic heterocycles. The number of hydrogen-bond donors (Lipinski definition) is 1. The van der Waals surface area contributed by atoms with Crippen molar-refractivity contribution in [1.29, 1.82) is 0 Å². The van der Waals surface area contributed by atoms with Gasteiger partial charge in [-0.1, -0.05) is 78.5 Å². The van der Waals surface area contributed by atoms with E-state index in [-0.39, 0.29) is 5.91 Å². The van der Waals surface area contributed by atoms with Gasteiger partial charge in [0.05, 0.1) is 7.11 Å². The molecule has 2 aromatic carbocycles. The number of methoxy groups -OCH3 is 1. The topological polar surface area (TPSA) is 49.8 Å². The molecular weight excluding hydrogens is 386 g/mol. The van der Waals surface area contributed by atoms with Crippen molar-refractivity contribution in [3.63, 3.8) is 0 Å².